The summed E-state index contributed by atoms with van der Waals surface area (Å²) >= 11 is 5.66. The van der Waals surface area contributed by atoms with Crippen LogP contribution in [0.5, 0.6) is 0 Å². The lowest BCUT2D eigenvalue weighted by Crippen LogP contribution is -2.28. The van der Waals surface area contributed by atoms with E-state index in [4.69, 9.17) is 16.7 Å². The third kappa shape index (κ3) is 3.40. The number of hydrogen-bond donors (Lipinski definition) is 1. The average Bonchev–Trinajstić information content (AvgIpc) is 2.28. The quantitative estimate of drug-likeness (QED) is 0.476. The fraction of sp³-hybridized carbons (Fsp3) is 0.300. The van der Waals surface area contributed by atoms with Gasteiger partial charge in [-0.2, -0.15) is 0 Å². The van der Waals surface area contributed by atoms with Crippen molar-refractivity contribution < 1.29 is 10.0 Å². The van der Waals surface area contributed by atoms with E-state index in [9.17, 15) is 10.1 Å². The van der Waals surface area contributed by atoms with Gasteiger partial charge in [-0.05, 0) is 0 Å². The van der Waals surface area contributed by atoms with Crippen LogP contribution in [0.25, 0.3) is 0 Å². The Morgan fingerprint density at radius 2 is 2.41 bits per heavy atom. The molecule has 0 amide bonds. The molecular formula is C10H12ClN3O3. The van der Waals surface area contributed by atoms with Crippen molar-refractivity contribution in [3.8, 4) is 0 Å². The van der Waals surface area contributed by atoms with E-state index in [2.05, 4.69) is 11.6 Å². The minimum atomic E-state index is -0.554. The molecule has 1 aromatic heterocycles. The zero-order valence-corrected chi connectivity index (χ0v) is 9.80. The number of rotatable bonds is 6. The molecule has 0 aromatic carbocycles. The number of hydrogen-bond acceptors (Lipinski definition) is 5. The average molecular weight is 258 g/mol. The summed E-state index contributed by atoms with van der Waals surface area (Å²) in [6, 6.07) is 1.23. The van der Waals surface area contributed by atoms with Crippen LogP contribution in [0.3, 0.4) is 0 Å². The third-order valence-corrected chi connectivity index (χ3v) is 2.24. The van der Waals surface area contributed by atoms with Crippen LogP contribution in [-0.4, -0.2) is 34.7 Å². The van der Waals surface area contributed by atoms with Crippen molar-refractivity contribution in [2.45, 2.75) is 0 Å². The van der Waals surface area contributed by atoms with E-state index in [0.717, 1.165) is 0 Å². The molecule has 6 nitrogen and oxygen atoms in total. The molecule has 1 N–H and O–H groups in total. The van der Waals surface area contributed by atoms with Crippen LogP contribution in [-0.2, 0) is 0 Å². The maximum absolute atomic E-state index is 10.9. The first kappa shape index (κ1) is 13.4. The van der Waals surface area contributed by atoms with Crippen LogP contribution in [0.15, 0.2) is 24.9 Å². The molecule has 17 heavy (non-hydrogen) atoms. The molecule has 0 aliphatic rings. The highest BCUT2D eigenvalue weighted by atomic mass is 35.5. The molecule has 0 radical (unpaired) electrons. The van der Waals surface area contributed by atoms with Gasteiger partial charge in [-0.25, -0.2) is 4.98 Å². The van der Waals surface area contributed by atoms with Crippen molar-refractivity contribution >= 4 is 23.1 Å². The van der Waals surface area contributed by atoms with Gasteiger partial charge in [0.15, 0.2) is 0 Å². The van der Waals surface area contributed by atoms with Gasteiger partial charge < -0.3 is 10.0 Å². The van der Waals surface area contributed by atoms with Gasteiger partial charge in [-0.15, -0.1) is 6.58 Å². The summed E-state index contributed by atoms with van der Waals surface area (Å²) in [7, 11) is 0. The van der Waals surface area contributed by atoms with Crippen LogP contribution >= 0.6 is 11.6 Å². The van der Waals surface area contributed by atoms with Gasteiger partial charge in [0.2, 0.25) is 5.82 Å². The lowest BCUT2D eigenvalue weighted by Gasteiger charge is -2.20. The Bertz CT molecular complexity index is 425. The van der Waals surface area contributed by atoms with E-state index in [1.54, 1.807) is 11.0 Å². The molecule has 7 heteroatoms. The Balaban J connectivity index is 3.16. The first-order valence-corrected chi connectivity index (χ1v) is 5.24. The summed E-state index contributed by atoms with van der Waals surface area (Å²) in [5, 5.41) is 20.0. The zero-order valence-electron chi connectivity index (χ0n) is 9.04. The van der Waals surface area contributed by atoms with E-state index in [0.29, 0.717) is 6.54 Å². The van der Waals surface area contributed by atoms with Crippen LogP contribution in [0.4, 0.5) is 11.5 Å². The highest BCUT2D eigenvalue weighted by Crippen LogP contribution is 2.28. The summed E-state index contributed by atoms with van der Waals surface area (Å²) in [5.74, 6) is 0.174. The number of nitrogens with zero attached hydrogens (tertiary/aromatic N) is 3. The van der Waals surface area contributed by atoms with E-state index in [-0.39, 0.29) is 29.7 Å². The Morgan fingerprint density at radius 3 is 2.94 bits per heavy atom. The molecule has 92 valence electrons. The van der Waals surface area contributed by atoms with Crippen molar-refractivity contribution in [1.29, 1.82) is 0 Å². The number of aromatic nitrogens is 1. The Hall–Kier alpha value is -1.66. The van der Waals surface area contributed by atoms with E-state index < -0.39 is 4.92 Å². The number of aliphatic hydroxyl groups is 1. The Morgan fingerprint density at radius 1 is 1.71 bits per heavy atom. The summed E-state index contributed by atoms with van der Waals surface area (Å²) < 4.78 is 0. The molecule has 0 spiro atoms. The van der Waals surface area contributed by atoms with Crippen molar-refractivity contribution in [3.63, 3.8) is 0 Å². The molecule has 0 atom stereocenters. The van der Waals surface area contributed by atoms with Crippen LogP contribution in [0.2, 0.25) is 5.02 Å². The summed E-state index contributed by atoms with van der Waals surface area (Å²) in [4.78, 5) is 15.8. The molecule has 1 rings (SSSR count). The van der Waals surface area contributed by atoms with Crippen molar-refractivity contribution in [3.05, 3.63) is 40.1 Å². The number of pyridine rings is 1. The Labute approximate surface area is 103 Å². The highest BCUT2D eigenvalue weighted by Gasteiger charge is 2.20. The highest BCUT2D eigenvalue weighted by molar-refractivity contribution is 6.30. The number of aliphatic hydroxyl groups excluding tert-OH is 1. The first-order valence-electron chi connectivity index (χ1n) is 4.86. The predicted octanol–water partition coefficient (Wildman–Crippen LogP) is 1.63. The second-order valence-corrected chi connectivity index (χ2v) is 3.65. The van der Waals surface area contributed by atoms with Gasteiger partial charge in [-0.3, -0.25) is 10.1 Å². The van der Waals surface area contributed by atoms with E-state index >= 15 is 0 Å². The summed E-state index contributed by atoms with van der Waals surface area (Å²) in [6.07, 6.45) is 2.91. The predicted molar refractivity (Wildman–Crippen MR) is 65.4 cm³/mol. The summed E-state index contributed by atoms with van der Waals surface area (Å²) in [5.41, 5.74) is -0.187. The van der Waals surface area contributed by atoms with Gasteiger partial charge >= 0.3 is 5.69 Å². The van der Waals surface area contributed by atoms with Crippen molar-refractivity contribution in [2.75, 3.05) is 24.6 Å². The minimum absolute atomic E-state index is 0.130. The van der Waals surface area contributed by atoms with E-state index in [1.165, 1.54) is 12.3 Å². The largest absolute Gasteiger partial charge is 0.395 e. The molecule has 0 fully saturated rings. The molecular weight excluding hydrogens is 246 g/mol. The lowest BCUT2D eigenvalue weighted by molar-refractivity contribution is -0.384. The van der Waals surface area contributed by atoms with Crippen LogP contribution in [0.1, 0.15) is 0 Å². The molecule has 1 heterocycles. The molecule has 0 saturated carbocycles. The fourth-order valence-electron chi connectivity index (χ4n) is 1.36. The number of nitro groups is 1. The van der Waals surface area contributed by atoms with E-state index in [1.807, 2.05) is 0 Å². The molecule has 0 bridgehead atoms. The summed E-state index contributed by atoms with van der Waals surface area (Å²) in [6.45, 7) is 4.02. The molecule has 1 aromatic rings. The molecule has 0 aliphatic carbocycles. The first-order chi connectivity index (χ1) is 8.10. The number of anilines is 1. The molecule has 0 saturated heterocycles. The smallest absolute Gasteiger partial charge is 0.313 e. The van der Waals surface area contributed by atoms with Crippen molar-refractivity contribution in [2.24, 2.45) is 0 Å². The minimum Gasteiger partial charge on any atom is -0.395 e. The van der Waals surface area contributed by atoms with Crippen LogP contribution < -0.4 is 4.90 Å². The normalized spacial score (nSPS) is 10.0. The molecule has 0 unspecified atom stereocenters. The molecule has 0 aliphatic heterocycles. The van der Waals surface area contributed by atoms with Gasteiger partial charge in [-0.1, -0.05) is 17.7 Å². The SMILES string of the molecule is C=CCN(CCO)c1ncc(Cl)cc1[N+](=O)[O-]. The van der Waals surface area contributed by atoms with Crippen molar-refractivity contribution in [1.82, 2.24) is 4.98 Å². The number of halogens is 1. The monoisotopic (exact) mass is 257 g/mol. The maximum atomic E-state index is 10.9. The second kappa shape index (κ2) is 6.17. The van der Waals surface area contributed by atoms with Crippen LogP contribution in [0, 0.1) is 10.1 Å². The fourth-order valence-corrected chi connectivity index (χ4v) is 1.51. The van der Waals surface area contributed by atoms with Gasteiger partial charge in [0.1, 0.15) is 0 Å². The van der Waals surface area contributed by atoms with Gasteiger partial charge in [0.25, 0.3) is 0 Å². The zero-order chi connectivity index (χ0) is 12.8. The topological polar surface area (TPSA) is 79.5 Å². The second-order valence-electron chi connectivity index (χ2n) is 3.21. The lowest BCUT2D eigenvalue weighted by atomic mass is 10.3. The third-order valence-electron chi connectivity index (χ3n) is 2.03. The Kier molecular flexibility index (Phi) is 4.86. The van der Waals surface area contributed by atoms with Gasteiger partial charge in [0, 0.05) is 25.4 Å². The standard InChI is InChI=1S/C10H12ClN3O3/c1-2-3-13(4-5-15)10-9(14(16)17)6-8(11)7-12-10/h2,6-7,15H,1,3-5H2. The maximum Gasteiger partial charge on any atom is 0.313 e. The van der Waals surface area contributed by atoms with Gasteiger partial charge in [0.05, 0.1) is 16.6 Å².